The number of nitrogens with zero attached hydrogens (tertiary/aromatic N) is 5. The molecule has 0 amide bonds. The monoisotopic (exact) mass is 360 g/mol. The van der Waals surface area contributed by atoms with Crippen LogP contribution in [-0.4, -0.2) is 50.8 Å². The number of carbonyl (C=O) groups is 1. The summed E-state index contributed by atoms with van der Waals surface area (Å²) < 4.78 is 1.97. The topological polar surface area (TPSA) is 75.4 Å². The Balaban J connectivity index is 1.78. The minimum atomic E-state index is 0.375. The van der Waals surface area contributed by atoms with Gasteiger partial charge in [-0.2, -0.15) is 4.98 Å². The van der Waals surface area contributed by atoms with Gasteiger partial charge in [0.25, 0.3) is 0 Å². The number of hydrogen-bond acceptors (Lipinski definition) is 6. The summed E-state index contributed by atoms with van der Waals surface area (Å²) in [7, 11) is 0. The number of fused-ring (bicyclic) bond motifs is 5. The van der Waals surface area contributed by atoms with Gasteiger partial charge in [0.1, 0.15) is 5.65 Å². The molecule has 4 heterocycles. The Morgan fingerprint density at radius 1 is 1.11 bits per heavy atom. The third-order valence-electron chi connectivity index (χ3n) is 5.09. The van der Waals surface area contributed by atoms with Gasteiger partial charge in [-0.15, -0.1) is 0 Å². The van der Waals surface area contributed by atoms with Crippen molar-refractivity contribution < 1.29 is 4.79 Å². The highest BCUT2D eigenvalue weighted by Crippen LogP contribution is 2.25. The SMILES string of the molecule is C[C@@H]1CN(c2ncc3cc(C=O)c4nc5ccccc5n4c3n2)C[C@H](C)N1. The van der Waals surface area contributed by atoms with Crippen LogP contribution in [0.15, 0.2) is 36.5 Å². The first kappa shape index (κ1) is 16.1. The van der Waals surface area contributed by atoms with Gasteiger partial charge in [0.2, 0.25) is 5.95 Å². The summed E-state index contributed by atoms with van der Waals surface area (Å²) in [6.07, 6.45) is 2.64. The summed E-state index contributed by atoms with van der Waals surface area (Å²) in [6.45, 7) is 6.05. The van der Waals surface area contributed by atoms with E-state index in [0.717, 1.165) is 41.4 Å². The number of rotatable bonds is 2. The van der Waals surface area contributed by atoms with Gasteiger partial charge in [-0.1, -0.05) is 12.1 Å². The fraction of sp³-hybridized carbons (Fsp3) is 0.300. The summed E-state index contributed by atoms with van der Waals surface area (Å²) in [6, 6.07) is 10.4. The Kier molecular flexibility index (Phi) is 3.58. The average Bonchev–Trinajstić information content (AvgIpc) is 3.06. The van der Waals surface area contributed by atoms with Gasteiger partial charge in [-0.3, -0.25) is 9.20 Å². The molecule has 1 N–H and O–H groups in total. The molecule has 1 aromatic carbocycles. The number of carbonyl (C=O) groups excluding carboxylic acids is 1. The van der Waals surface area contributed by atoms with Crippen LogP contribution < -0.4 is 10.2 Å². The molecule has 1 fully saturated rings. The normalized spacial score (nSPS) is 20.6. The molecule has 2 atom stereocenters. The second-order valence-electron chi connectivity index (χ2n) is 7.30. The van der Waals surface area contributed by atoms with Crippen LogP contribution in [0.3, 0.4) is 0 Å². The number of anilines is 1. The van der Waals surface area contributed by atoms with Crippen molar-refractivity contribution in [2.24, 2.45) is 0 Å². The van der Waals surface area contributed by atoms with Crippen LogP contribution in [0.5, 0.6) is 0 Å². The van der Waals surface area contributed by atoms with E-state index in [1.165, 1.54) is 0 Å². The fourth-order valence-electron chi connectivity index (χ4n) is 4.05. The van der Waals surface area contributed by atoms with Crippen molar-refractivity contribution in [2.75, 3.05) is 18.0 Å². The van der Waals surface area contributed by atoms with Gasteiger partial charge in [0.05, 0.1) is 16.6 Å². The van der Waals surface area contributed by atoms with Gasteiger partial charge < -0.3 is 10.2 Å². The Bertz CT molecular complexity index is 1170. The summed E-state index contributed by atoms with van der Waals surface area (Å²) in [5.41, 5.74) is 3.73. The van der Waals surface area contributed by atoms with Crippen LogP contribution in [0.1, 0.15) is 24.2 Å². The second-order valence-corrected chi connectivity index (χ2v) is 7.30. The number of imidazole rings is 1. The van der Waals surface area contributed by atoms with E-state index in [1.54, 1.807) is 6.20 Å². The maximum Gasteiger partial charge on any atom is 0.227 e. The van der Waals surface area contributed by atoms with Crippen molar-refractivity contribution in [1.29, 1.82) is 0 Å². The molecule has 0 unspecified atom stereocenters. The van der Waals surface area contributed by atoms with Crippen molar-refractivity contribution in [3.63, 3.8) is 0 Å². The van der Waals surface area contributed by atoms with E-state index in [9.17, 15) is 4.79 Å². The van der Waals surface area contributed by atoms with Crippen LogP contribution in [0.2, 0.25) is 0 Å². The van der Waals surface area contributed by atoms with Gasteiger partial charge in [-0.25, -0.2) is 9.97 Å². The molecule has 0 saturated carbocycles. The predicted molar refractivity (Wildman–Crippen MR) is 105 cm³/mol. The number of piperazine rings is 1. The molecule has 3 aromatic heterocycles. The lowest BCUT2D eigenvalue weighted by molar-refractivity contribution is 0.112. The predicted octanol–water partition coefficient (Wildman–Crippen LogP) is 2.43. The summed E-state index contributed by atoms with van der Waals surface area (Å²) in [4.78, 5) is 28.0. The molecule has 1 saturated heterocycles. The zero-order valence-corrected chi connectivity index (χ0v) is 15.3. The van der Waals surface area contributed by atoms with Crippen molar-refractivity contribution in [1.82, 2.24) is 24.7 Å². The molecule has 136 valence electrons. The first-order chi connectivity index (χ1) is 13.1. The smallest absolute Gasteiger partial charge is 0.227 e. The van der Waals surface area contributed by atoms with Crippen LogP contribution in [0, 0.1) is 0 Å². The highest BCUT2D eigenvalue weighted by molar-refractivity contribution is 5.97. The lowest BCUT2D eigenvalue weighted by Gasteiger charge is -2.36. The number of para-hydroxylation sites is 2. The number of hydrogen-bond donors (Lipinski definition) is 1. The highest BCUT2D eigenvalue weighted by atomic mass is 16.1. The number of nitrogens with one attached hydrogen (secondary N) is 1. The lowest BCUT2D eigenvalue weighted by Crippen LogP contribution is -2.54. The number of benzene rings is 1. The third-order valence-corrected chi connectivity index (χ3v) is 5.09. The average molecular weight is 360 g/mol. The number of aromatic nitrogens is 4. The van der Waals surface area contributed by atoms with Crippen LogP contribution in [-0.2, 0) is 0 Å². The minimum absolute atomic E-state index is 0.375. The molecule has 1 aliphatic rings. The maximum absolute atomic E-state index is 11.6. The Labute approximate surface area is 156 Å². The zero-order valence-electron chi connectivity index (χ0n) is 15.3. The van der Waals surface area contributed by atoms with E-state index in [4.69, 9.17) is 4.98 Å². The van der Waals surface area contributed by atoms with E-state index >= 15 is 0 Å². The zero-order chi connectivity index (χ0) is 18.5. The summed E-state index contributed by atoms with van der Waals surface area (Å²) in [5.74, 6) is 0.709. The van der Waals surface area contributed by atoms with E-state index in [-0.39, 0.29) is 0 Å². The van der Waals surface area contributed by atoms with Crippen LogP contribution >= 0.6 is 0 Å². The van der Waals surface area contributed by atoms with E-state index in [0.29, 0.717) is 29.2 Å². The molecule has 0 radical (unpaired) electrons. The van der Waals surface area contributed by atoms with Crippen LogP contribution in [0.4, 0.5) is 5.95 Å². The van der Waals surface area contributed by atoms with E-state index < -0.39 is 0 Å². The first-order valence-electron chi connectivity index (χ1n) is 9.17. The Hall–Kier alpha value is -3.06. The highest BCUT2D eigenvalue weighted by Gasteiger charge is 2.23. The van der Waals surface area contributed by atoms with Gasteiger partial charge in [0, 0.05) is 36.8 Å². The van der Waals surface area contributed by atoms with Crippen LogP contribution in [0.25, 0.3) is 27.7 Å². The Morgan fingerprint density at radius 3 is 2.67 bits per heavy atom. The van der Waals surface area contributed by atoms with Gasteiger partial charge in [0.15, 0.2) is 11.9 Å². The second kappa shape index (κ2) is 5.99. The summed E-state index contributed by atoms with van der Waals surface area (Å²) >= 11 is 0. The molecule has 5 rings (SSSR count). The van der Waals surface area contributed by atoms with E-state index in [2.05, 4.69) is 34.0 Å². The Morgan fingerprint density at radius 2 is 1.89 bits per heavy atom. The minimum Gasteiger partial charge on any atom is -0.338 e. The summed E-state index contributed by atoms with van der Waals surface area (Å²) in [5, 5.41) is 4.36. The van der Waals surface area contributed by atoms with Gasteiger partial charge in [-0.05, 0) is 32.0 Å². The molecule has 0 spiro atoms. The largest absolute Gasteiger partial charge is 0.338 e. The standard InChI is InChI=1S/C20H20N6O/c1-12-9-25(10-13(2)22-12)20-21-8-14-7-15(11-27)19-23-16-5-3-4-6-17(16)26(19)18(14)24-20/h3-8,11-13,22H,9-10H2,1-2H3/t12-,13+. The van der Waals surface area contributed by atoms with Gasteiger partial charge >= 0.3 is 0 Å². The molecule has 4 aromatic rings. The molecule has 0 aliphatic carbocycles. The van der Waals surface area contributed by atoms with Crippen molar-refractivity contribution in [3.8, 4) is 0 Å². The molecule has 7 heteroatoms. The number of pyridine rings is 1. The third kappa shape index (κ3) is 2.54. The first-order valence-corrected chi connectivity index (χ1v) is 9.17. The molecular weight excluding hydrogens is 340 g/mol. The molecular formula is C20H20N6O. The molecule has 7 nitrogen and oxygen atoms in total. The molecule has 0 bridgehead atoms. The fourth-order valence-corrected chi connectivity index (χ4v) is 4.05. The van der Waals surface area contributed by atoms with Crippen molar-refractivity contribution in [2.45, 2.75) is 25.9 Å². The number of aldehydes is 1. The lowest BCUT2D eigenvalue weighted by atomic mass is 10.1. The molecule has 1 aliphatic heterocycles. The van der Waals surface area contributed by atoms with Crippen molar-refractivity contribution in [3.05, 3.63) is 42.1 Å². The van der Waals surface area contributed by atoms with E-state index in [1.807, 2.05) is 34.7 Å². The molecule has 27 heavy (non-hydrogen) atoms. The maximum atomic E-state index is 11.6. The van der Waals surface area contributed by atoms with Crippen molar-refractivity contribution >= 4 is 39.9 Å². The quantitative estimate of drug-likeness (QED) is 0.554.